The highest BCUT2D eigenvalue weighted by Crippen LogP contribution is 2.70. The predicted octanol–water partition coefficient (Wildman–Crippen LogP) is 2.07. The first-order valence-electron chi connectivity index (χ1n) is 14.0. The lowest BCUT2D eigenvalue weighted by atomic mass is 9.43. The van der Waals surface area contributed by atoms with Crippen LogP contribution in [0.25, 0.3) is 0 Å². The normalized spacial score (nSPS) is 54.8. The van der Waals surface area contributed by atoms with Gasteiger partial charge in [-0.2, -0.15) is 0 Å². The van der Waals surface area contributed by atoms with E-state index >= 15 is 0 Å². The average Bonchev–Trinajstić information content (AvgIpc) is 3.39. The van der Waals surface area contributed by atoms with Crippen molar-refractivity contribution in [2.45, 2.75) is 108 Å². The van der Waals surface area contributed by atoms with E-state index in [1.807, 2.05) is 0 Å². The van der Waals surface area contributed by atoms with Gasteiger partial charge >= 0.3 is 5.97 Å². The zero-order chi connectivity index (χ0) is 25.5. The number of fused-ring (bicyclic) bond motifs is 5. The zero-order valence-electron chi connectivity index (χ0n) is 21.5. The number of esters is 1. The predicted molar refractivity (Wildman–Crippen MR) is 128 cm³/mol. The van der Waals surface area contributed by atoms with Gasteiger partial charge in [-0.3, -0.25) is 0 Å². The summed E-state index contributed by atoms with van der Waals surface area (Å²) in [6.45, 7) is 5.00. The number of ether oxygens (including phenoxy) is 3. The lowest BCUT2D eigenvalue weighted by Crippen LogP contribution is -2.62. The van der Waals surface area contributed by atoms with E-state index in [0.717, 1.165) is 63.4 Å². The minimum Gasteiger partial charge on any atom is -0.458 e. The molecule has 2 heterocycles. The van der Waals surface area contributed by atoms with Crippen LogP contribution in [-0.4, -0.2) is 75.9 Å². The van der Waals surface area contributed by atoms with E-state index in [2.05, 4.69) is 13.8 Å². The van der Waals surface area contributed by atoms with E-state index < -0.39 is 30.2 Å². The Labute approximate surface area is 213 Å². The van der Waals surface area contributed by atoms with Crippen molar-refractivity contribution in [3.05, 3.63) is 11.6 Å². The molecule has 5 fully saturated rings. The second-order valence-electron chi connectivity index (χ2n) is 13.1. The van der Waals surface area contributed by atoms with Crippen molar-refractivity contribution >= 4 is 5.97 Å². The number of aliphatic hydroxyl groups is 4. The lowest BCUT2D eigenvalue weighted by Gasteiger charge is -2.64. The second-order valence-corrected chi connectivity index (χ2v) is 13.1. The molecule has 36 heavy (non-hydrogen) atoms. The van der Waals surface area contributed by atoms with Gasteiger partial charge in [-0.1, -0.05) is 13.8 Å². The van der Waals surface area contributed by atoms with Gasteiger partial charge in [-0.25, -0.2) is 4.79 Å². The summed E-state index contributed by atoms with van der Waals surface area (Å²) in [5.41, 5.74) is 0.257. The highest BCUT2D eigenvalue weighted by Gasteiger charge is 2.67. The van der Waals surface area contributed by atoms with Crippen LogP contribution >= 0.6 is 0 Å². The Hall–Kier alpha value is -1.03. The minimum absolute atomic E-state index is 0.0456. The van der Waals surface area contributed by atoms with Crippen LogP contribution in [0.15, 0.2) is 11.6 Å². The van der Waals surface area contributed by atoms with Gasteiger partial charge in [-0.05, 0) is 92.4 Å². The Bertz CT molecular complexity index is 921. The monoisotopic (exact) mass is 506 g/mol. The first kappa shape index (κ1) is 25.3. The highest BCUT2D eigenvalue weighted by atomic mass is 16.7. The van der Waals surface area contributed by atoms with Crippen LogP contribution in [0.2, 0.25) is 0 Å². The molecule has 1 saturated heterocycles. The van der Waals surface area contributed by atoms with Crippen LogP contribution in [0.3, 0.4) is 0 Å². The first-order valence-corrected chi connectivity index (χ1v) is 14.0. The summed E-state index contributed by atoms with van der Waals surface area (Å²) in [6, 6.07) is 0. The quantitative estimate of drug-likeness (QED) is 0.339. The Morgan fingerprint density at radius 2 is 1.78 bits per heavy atom. The Kier molecular flexibility index (Phi) is 6.14. The first-order chi connectivity index (χ1) is 17.1. The summed E-state index contributed by atoms with van der Waals surface area (Å²) in [6.07, 6.45) is 5.63. The van der Waals surface area contributed by atoms with Crippen molar-refractivity contribution in [1.82, 2.24) is 0 Å². The van der Waals surface area contributed by atoms with Crippen molar-refractivity contribution in [3.8, 4) is 0 Å². The maximum absolute atomic E-state index is 12.3. The van der Waals surface area contributed by atoms with Gasteiger partial charge in [0.15, 0.2) is 6.29 Å². The molecule has 6 rings (SSSR count). The van der Waals surface area contributed by atoms with Crippen LogP contribution in [0, 0.1) is 34.5 Å². The fourth-order valence-corrected chi connectivity index (χ4v) is 9.58. The third kappa shape index (κ3) is 3.58. The van der Waals surface area contributed by atoms with Crippen LogP contribution in [0.1, 0.15) is 71.6 Å². The summed E-state index contributed by atoms with van der Waals surface area (Å²) >= 11 is 0. The molecule has 0 amide bonds. The molecule has 12 atom stereocenters. The van der Waals surface area contributed by atoms with Crippen LogP contribution in [-0.2, 0) is 19.0 Å². The topological polar surface area (TPSA) is 126 Å². The Morgan fingerprint density at radius 1 is 0.972 bits per heavy atom. The lowest BCUT2D eigenvalue weighted by molar-refractivity contribution is -0.290. The number of hydrogen-bond acceptors (Lipinski definition) is 8. The molecular weight excluding hydrogens is 464 g/mol. The molecule has 6 aliphatic rings. The largest absolute Gasteiger partial charge is 0.458 e. The van der Waals surface area contributed by atoms with Crippen LogP contribution < -0.4 is 0 Å². The Morgan fingerprint density at radius 3 is 2.53 bits per heavy atom. The van der Waals surface area contributed by atoms with Crippen molar-refractivity contribution in [2.75, 3.05) is 13.2 Å². The number of aliphatic hydroxyl groups excluding tert-OH is 3. The SMILES string of the molecule is CC12CCC(O[C@@H]3OC[C@@H](O)[C@@H](O)[C@H]3O)CC1CCC1C2CCC2(C)C(C3=CC(=O)OC3)CCC12O. The molecule has 8 unspecified atom stereocenters. The van der Waals surface area contributed by atoms with Crippen molar-refractivity contribution < 1.29 is 39.4 Å². The molecule has 4 N–H and O–H groups in total. The summed E-state index contributed by atoms with van der Waals surface area (Å²) in [7, 11) is 0. The van der Waals surface area contributed by atoms with Crippen molar-refractivity contribution in [1.29, 1.82) is 0 Å². The summed E-state index contributed by atoms with van der Waals surface area (Å²) < 4.78 is 16.9. The van der Waals surface area contributed by atoms with Gasteiger partial charge in [0.25, 0.3) is 0 Å². The van der Waals surface area contributed by atoms with Crippen LogP contribution in [0.4, 0.5) is 0 Å². The fourth-order valence-electron chi connectivity index (χ4n) is 9.58. The molecule has 4 aliphatic carbocycles. The van der Waals surface area contributed by atoms with E-state index in [-0.39, 0.29) is 41.3 Å². The number of hydrogen-bond donors (Lipinski definition) is 4. The third-order valence-electron chi connectivity index (χ3n) is 11.7. The highest BCUT2D eigenvalue weighted by molar-refractivity contribution is 5.85. The standard InChI is InChI=1S/C28H42O8/c1-26-8-5-17(36-25-24(32)23(31)21(29)14-35-25)12-16(26)3-4-20-19(26)6-9-27(2)18(7-10-28(20,27)33)15-11-22(30)34-13-15/h11,16-21,23-25,29,31-33H,3-10,12-14H2,1-2H3/t16?,17?,18?,19?,20?,21-,23-,24-,25+,26?,27?,28?/m1/s1. The molecule has 4 saturated carbocycles. The maximum Gasteiger partial charge on any atom is 0.331 e. The van der Waals surface area contributed by atoms with Crippen LogP contribution in [0.5, 0.6) is 0 Å². The van der Waals surface area contributed by atoms with Gasteiger partial charge in [0.2, 0.25) is 0 Å². The zero-order valence-corrected chi connectivity index (χ0v) is 21.5. The van der Waals surface area contributed by atoms with E-state index in [1.54, 1.807) is 6.08 Å². The summed E-state index contributed by atoms with van der Waals surface area (Å²) in [5, 5.41) is 42.4. The molecule has 0 aromatic heterocycles. The molecule has 202 valence electrons. The molecule has 2 aliphatic heterocycles. The van der Waals surface area contributed by atoms with Gasteiger partial charge in [0.1, 0.15) is 24.9 Å². The second kappa shape index (κ2) is 8.75. The van der Waals surface area contributed by atoms with Crippen molar-refractivity contribution in [2.24, 2.45) is 34.5 Å². The molecule has 0 aromatic rings. The van der Waals surface area contributed by atoms with E-state index in [1.165, 1.54) is 0 Å². The molecular formula is C28H42O8. The number of cyclic esters (lactones) is 1. The van der Waals surface area contributed by atoms with Crippen molar-refractivity contribution in [3.63, 3.8) is 0 Å². The van der Waals surface area contributed by atoms with E-state index in [0.29, 0.717) is 18.4 Å². The molecule has 0 spiro atoms. The number of rotatable bonds is 3. The fraction of sp³-hybridized carbons (Fsp3) is 0.893. The maximum atomic E-state index is 12.3. The average molecular weight is 507 g/mol. The Balaban J connectivity index is 1.16. The summed E-state index contributed by atoms with van der Waals surface area (Å²) in [5.74, 6) is 1.15. The van der Waals surface area contributed by atoms with E-state index in [9.17, 15) is 25.2 Å². The van der Waals surface area contributed by atoms with Gasteiger partial charge in [0, 0.05) is 11.5 Å². The molecule has 0 bridgehead atoms. The van der Waals surface area contributed by atoms with Gasteiger partial charge < -0.3 is 34.6 Å². The number of carbonyl (C=O) groups is 1. The summed E-state index contributed by atoms with van der Waals surface area (Å²) in [4.78, 5) is 11.8. The minimum atomic E-state index is -1.26. The van der Waals surface area contributed by atoms with E-state index in [4.69, 9.17) is 14.2 Å². The molecule has 8 nitrogen and oxygen atoms in total. The third-order valence-corrected chi connectivity index (χ3v) is 11.7. The van der Waals surface area contributed by atoms with Gasteiger partial charge in [0.05, 0.1) is 18.3 Å². The van der Waals surface area contributed by atoms with Gasteiger partial charge in [-0.15, -0.1) is 0 Å². The number of carbonyl (C=O) groups excluding carboxylic acids is 1. The molecule has 8 heteroatoms. The molecule has 0 aromatic carbocycles. The smallest absolute Gasteiger partial charge is 0.331 e. The molecule has 0 radical (unpaired) electrons.